The van der Waals surface area contributed by atoms with E-state index in [0.717, 1.165) is 44.5 Å². The molecule has 0 aromatic carbocycles. The van der Waals surface area contributed by atoms with Crippen LogP contribution in [-0.2, 0) is 4.79 Å². The van der Waals surface area contributed by atoms with E-state index in [1.54, 1.807) is 0 Å². The molecule has 1 aliphatic heterocycles. The molecule has 1 amide bonds. The fourth-order valence-corrected chi connectivity index (χ4v) is 3.51. The molecule has 2 N–H and O–H groups in total. The summed E-state index contributed by atoms with van der Waals surface area (Å²) in [6.07, 6.45) is 7.81. The number of amides is 1. The number of hydrogen-bond acceptors (Lipinski definition) is 4. The second-order valence-corrected chi connectivity index (χ2v) is 6.37. The van der Waals surface area contributed by atoms with Crippen LogP contribution in [0.15, 0.2) is 6.33 Å². The van der Waals surface area contributed by atoms with Gasteiger partial charge in [0.1, 0.15) is 12.2 Å². The van der Waals surface area contributed by atoms with Crippen molar-refractivity contribution in [3.8, 4) is 0 Å². The Bertz CT molecular complexity index is 455. The van der Waals surface area contributed by atoms with Crippen molar-refractivity contribution in [3.05, 3.63) is 12.2 Å². The quantitative estimate of drug-likeness (QED) is 0.811. The molecule has 0 bridgehead atoms. The van der Waals surface area contributed by atoms with Gasteiger partial charge >= 0.3 is 0 Å². The molecule has 2 heterocycles. The van der Waals surface area contributed by atoms with E-state index >= 15 is 0 Å². The van der Waals surface area contributed by atoms with Gasteiger partial charge in [0.2, 0.25) is 5.91 Å². The second kappa shape index (κ2) is 7.72. The van der Waals surface area contributed by atoms with Crippen molar-refractivity contribution in [2.45, 2.75) is 76.9 Å². The second-order valence-electron chi connectivity index (χ2n) is 6.37. The highest BCUT2D eigenvalue weighted by atomic mass is 16.3. The van der Waals surface area contributed by atoms with Gasteiger partial charge < -0.3 is 10.0 Å². The van der Waals surface area contributed by atoms with Crippen molar-refractivity contribution in [1.82, 2.24) is 20.1 Å². The SMILES string of the molecule is CCCC(O)(CCC)CC(=O)N1CCCCC1c1ncn[nH]1. The van der Waals surface area contributed by atoms with E-state index in [0.29, 0.717) is 12.8 Å². The fourth-order valence-electron chi connectivity index (χ4n) is 3.51. The molecule has 2 rings (SSSR count). The summed E-state index contributed by atoms with van der Waals surface area (Å²) in [4.78, 5) is 18.9. The minimum Gasteiger partial charge on any atom is -0.389 e. The lowest BCUT2D eigenvalue weighted by atomic mass is 9.88. The number of aromatic amines is 1. The van der Waals surface area contributed by atoms with Gasteiger partial charge in [-0.25, -0.2) is 4.98 Å². The van der Waals surface area contributed by atoms with Gasteiger partial charge in [-0.05, 0) is 32.1 Å². The van der Waals surface area contributed by atoms with Gasteiger partial charge in [-0.1, -0.05) is 26.7 Å². The lowest BCUT2D eigenvalue weighted by Gasteiger charge is -2.37. The average molecular weight is 308 g/mol. The van der Waals surface area contributed by atoms with Crippen molar-refractivity contribution >= 4 is 5.91 Å². The third-order valence-corrected chi connectivity index (χ3v) is 4.48. The first-order valence-corrected chi connectivity index (χ1v) is 8.46. The number of aliphatic hydroxyl groups is 1. The van der Waals surface area contributed by atoms with Gasteiger partial charge in [-0.3, -0.25) is 9.89 Å². The molecular formula is C16H28N4O2. The predicted molar refractivity (Wildman–Crippen MR) is 84.1 cm³/mol. The van der Waals surface area contributed by atoms with Gasteiger partial charge in [-0.2, -0.15) is 5.10 Å². The summed E-state index contributed by atoms with van der Waals surface area (Å²) in [5.41, 5.74) is -0.871. The number of hydrogen-bond donors (Lipinski definition) is 2. The molecule has 0 spiro atoms. The summed E-state index contributed by atoms with van der Waals surface area (Å²) < 4.78 is 0. The van der Waals surface area contributed by atoms with Crippen molar-refractivity contribution in [3.63, 3.8) is 0 Å². The molecule has 1 atom stereocenters. The van der Waals surface area contributed by atoms with Gasteiger partial charge in [-0.15, -0.1) is 0 Å². The van der Waals surface area contributed by atoms with Gasteiger partial charge in [0.25, 0.3) is 0 Å². The monoisotopic (exact) mass is 308 g/mol. The summed E-state index contributed by atoms with van der Waals surface area (Å²) in [7, 11) is 0. The highest BCUT2D eigenvalue weighted by molar-refractivity contribution is 5.77. The highest BCUT2D eigenvalue weighted by Gasteiger charge is 2.35. The number of likely N-dealkylation sites (tertiary alicyclic amines) is 1. The Morgan fingerprint density at radius 3 is 2.73 bits per heavy atom. The lowest BCUT2D eigenvalue weighted by molar-refractivity contribution is -0.141. The third-order valence-electron chi connectivity index (χ3n) is 4.48. The molecule has 6 nitrogen and oxygen atoms in total. The largest absolute Gasteiger partial charge is 0.389 e. The van der Waals surface area contributed by atoms with Crippen LogP contribution in [0.2, 0.25) is 0 Å². The summed E-state index contributed by atoms with van der Waals surface area (Å²) in [6.45, 7) is 4.82. The Hall–Kier alpha value is -1.43. The molecule has 22 heavy (non-hydrogen) atoms. The smallest absolute Gasteiger partial charge is 0.226 e. The molecule has 1 aromatic heterocycles. The minimum absolute atomic E-state index is 0.0312. The zero-order valence-corrected chi connectivity index (χ0v) is 13.7. The topological polar surface area (TPSA) is 82.1 Å². The van der Waals surface area contributed by atoms with E-state index in [4.69, 9.17) is 0 Å². The van der Waals surface area contributed by atoms with Crippen LogP contribution >= 0.6 is 0 Å². The zero-order chi connectivity index (χ0) is 16.0. The Morgan fingerprint density at radius 2 is 2.14 bits per heavy atom. The Balaban J connectivity index is 2.08. The lowest BCUT2D eigenvalue weighted by Crippen LogP contribution is -2.43. The van der Waals surface area contributed by atoms with Crippen LogP contribution in [0, 0.1) is 0 Å². The molecule has 0 radical (unpaired) electrons. The van der Waals surface area contributed by atoms with E-state index in [1.165, 1.54) is 6.33 Å². The number of aromatic nitrogens is 3. The van der Waals surface area contributed by atoms with E-state index in [2.05, 4.69) is 15.2 Å². The van der Waals surface area contributed by atoms with Gasteiger partial charge in [0, 0.05) is 6.54 Å². The Labute approximate surface area is 132 Å². The predicted octanol–water partition coefficient (Wildman–Crippen LogP) is 2.58. The maximum atomic E-state index is 12.8. The number of rotatable bonds is 7. The molecular weight excluding hydrogens is 280 g/mol. The molecule has 1 aromatic rings. The Morgan fingerprint density at radius 1 is 1.41 bits per heavy atom. The van der Waals surface area contributed by atoms with Crippen LogP contribution in [0.1, 0.15) is 77.1 Å². The molecule has 6 heteroatoms. The molecule has 1 aliphatic rings. The van der Waals surface area contributed by atoms with Gasteiger partial charge in [0.15, 0.2) is 0 Å². The van der Waals surface area contributed by atoms with Crippen LogP contribution < -0.4 is 0 Å². The van der Waals surface area contributed by atoms with Crippen LogP contribution in [0.25, 0.3) is 0 Å². The first-order chi connectivity index (χ1) is 10.6. The maximum Gasteiger partial charge on any atom is 0.226 e. The van der Waals surface area contributed by atoms with Crippen molar-refractivity contribution < 1.29 is 9.90 Å². The summed E-state index contributed by atoms with van der Waals surface area (Å²) in [5.74, 6) is 0.785. The number of H-pyrrole nitrogens is 1. The van der Waals surface area contributed by atoms with Crippen molar-refractivity contribution in [1.29, 1.82) is 0 Å². The molecule has 124 valence electrons. The maximum absolute atomic E-state index is 12.8. The zero-order valence-electron chi connectivity index (χ0n) is 13.7. The molecule has 1 unspecified atom stereocenters. The first kappa shape index (κ1) is 16.9. The normalized spacial score (nSPS) is 19.4. The van der Waals surface area contributed by atoms with E-state index < -0.39 is 5.60 Å². The molecule has 1 fully saturated rings. The highest BCUT2D eigenvalue weighted by Crippen LogP contribution is 2.32. The number of nitrogens with zero attached hydrogens (tertiary/aromatic N) is 3. The first-order valence-electron chi connectivity index (χ1n) is 8.46. The van der Waals surface area contributed by atoms with Crippen molar-refractivity contribution in [2.75, 3.05) is 6.54 Å². The van der Waals surface area contributed by atoms with E-state index in [9.17, 15) is 9.90 Å². The minimum atomic E-state index is -0.871. The number of carbonyl (C=O) groups excluding carboxylic acids is 1. The van der Waals surface area contributed by atoms with E-state index in [-0.39, 0.29) is 18.4 Å². The van der Waals surface area contributed by atoms with Gasteiger partial charge in [0.05, 0.1) is 18.1 Å². The van der Waals surface area contributed by atoms with Crippen LogP contribution in [0.4, 0.5) is 0 Å². The molecule has 0 saturated carbocycles. The van der Waals surface area contributed by atoms with Crippen LogP contribution in [-0.4, -0.2) is 43.2 Å². The number of piperidine rings is 1. The standard InChI is InChI=1S/C16H28N4O2/c1-3-8-16(22,9-4-2)11-14(21)20-10-6-5-7-13(20)15-17-12-18-19-15/h12-13,22H,3-11H2,1-2H3,(H,17,18,19). The summed E-state index contributed by atoms with van der Waals surface area (Å²) in [5, 5.41) is 17.5. The third kappa shape index (κ3) is 4.06. The number of nitrogens with one attached hydrogen (secondary N) is 1. The Kier molecular flexibility index (Phi) is 5.94. The van der Waals surface area contributed by atoms with Crippen LogP contribution in [0.3, 0.4) is 0 Å². The van der Waals surface area contributed by atoms with E-state index in [1.807, 2.05) is 18.7 Å². The summed E-state index contributed by atoms with van der Waals surface area (Å²) in [6, 6.07) is -0.0312. The average Bonchev–Trinajstić information content (AvgIpc) is 3.01. The van der Waals surface area contributed by atoms with Crippen molar-refractivity contribution in [2.24, 2.45) is 0 Å². The fraction of sp³-hybridized carbons (Fsp3) is 0.812. The molecule has 1 saturated heterocycles. The van der Waals surface area contributed by atoms with Crippen LogP contribution in [0.5, 0.6) is 0 Å². The number of carbonyl (C=O) groups is 1. The summed E-state index contributed by atoms with van der Waals surface area (Å²) >= 11 is 0. The molecule has 0 aliphatic carbocycles.